The van der Waals surface area contributed by atoms with Gasteiger partial charge < -0.3 is 10.6 Å². The van der Waals surface area contributed by atoms with Crippen LogP contribution in [0.2, 0.25) is 0 Å². The Morgan fingerprint density at radius 2 is 2.14 bits per heavy atom. The van der Waals surface area contributed by atoms with Crippen molar-refractivity contribution in [2.75, 3.05) is 13.1 Å². The highest BCUT2D eigenvalue weighted by Gasteiger charge is 2.29. The maximum absolute atomic E-state index is 11.9. The Bertz CT molecular complexity index is 228. The van der Waals surface area contributed by atoms with Crippen LogP contribution in [0, 0.1) is 12.3 Å². The van der Waals surface area contributed by atoms with Gasteiger partial charge in [-0.3, -0.25) is 4.79 Å². The quantitative estimate of drug-likeness (QED) is 0.666. The molecule has 1 atom stereocenters. The lowest BCUT2D eigenvalue weighted by Gasteiger charge is -2.29. The standard InChI is InChI=1S/C11H20N2O/c1-5-8-13(9-6-2)10(14)11(4,12)7-3/h1H,6-9,12H2,2-4H3. The van der Waals surface area contributed by atoms with E-state index in [9.17, 15) is 4.79 Å². The molecule has 2 N–H and O–H groups in total. The Balaban J connectivity index is 4.51. The summed E-state index contributed by atoms with van der Waals surface area (Å²) in [6.45, 7) is 6.68. The normalized spacial score (nSPS) is 14.2. The minimum Gasteiger partial charge on any atom is -0.330 e. The van der Waals surface area contributed by atoms with Gasteiger partial charge in [0.05, 0.1) is 12.1 Å². The first-order chi connectivity index (χ1) is 6.49. The number of rotatable bonds is 5. The number of terminal acetylenes is 1. The fraction of sp³-hybridized carbons (Fsp3) is 0.727. The second-order valence-electron chi connectivity index (χ2n) is 3.70. The van der Waals surface area contributed by atoms with Crippen molar-refractivity contribution in [3.63, 3.8) is 0 Å². The number of hydrogen-bond acceptors (Lipinski definition) is 2. The monoisotopic (exact) mass is 196 g/mol. The van der Waals surface area contributed by atoms with Gasteiger partial charge in [-0.05, 0) is 19.8 Å². The van der Waals surface area contributed by atoms with Crippen LogP contribution < -0.4 is 5.73 Å². The molecule has 1 amide bonds. The van der Waals surface area contributed by atoms with Gasteiger partial charge in [-0.2, -0.15) is 0 Å². The van der Waals surface area contributed by atoms with E-state index >= 15 is 0 Å². The summed E-state index contributed by atoms with van der Waals surface area (Å²) in [4.78, 5) is 13.5. The smallest absolute Gasteiger partial charge is 0.243 e. The minimum absolute atomic E-state index is 0.0557. The molecular weight excluding hydrogens is 176 g/mol. The minimum atomic E-state index is -0.786. The van der Waals surface area contributed by atoms with Crippen molar-refractivity contribution < 1.29 is 4.79 Å². The number of hydrogen-bond donors (Lipinski definition) is 1. The molecule has 0 heterocycles. The lowest BCUT2D eigenvalue weighted by Crippen LogP contribution is -2.53. The van der Waals surface area contributed by atoms with Gasteiger partial charge in [0, 0.05) is 6.54 Å². The average Bonchev–Trinajstić information content (AvgIpc) is 2.16. The largest absolute Gasteiger partial charge is 0.330 e. The summed E-state index contributed by atoms with van der Waals surface area (Å²) in [5, 5.41) is 0. The molecule has 0 spiro atoms. The van der Waals surface area contributed by atoms with Gasteiger partial charge >= 0.3 is 0 Å². The zero-order chi connectivity index (χ0) is 11.2. The van der Waals surface area contributed by atoms with Crippen LogP contribution in [-0.4, -0.2) is 29.4 Å². The number of nitrogens with zero attached hydrogens (tertiary/aromatic N) is 1. The fourth-order valence-electron chi connectivity index (χ4n) is 1.14. The number of carbonyl (C=O) groups is 1. The second-order valence-corrected chi connectivity index (χ2v) is 3.70. The molecule has 0 aromatic carbocycles. The van der Waals surface area contributed by atoms with Gasteiger partial charge in [0.15, 0.2) is 0 Å². The Hall–Kier alpha value is -1.01. The van der Waals surface area contributed by atoms with Gasteiger partial charge in [-0.25, -0.2) is 0 Å². The third-order valence-corrected chi connectivity index (χ3v) is 2.29. The Morgan fingerprint density at radius 3 is 2.50 bits per heavy atom. The van der Waals surface area contributed by atoms with Crippen LogP contribution in [0.3, 0.4) is 0 Å². The first-order valence-corrected chi connectivity index (χ1v) is 5.01. The topological polar surface area (TPSA) is 46.3 Å². The number of nitrogens with two attached hydrogens (primary N) is 1. The fourth-order valence-corrected chi connectivity index (χ4v) is 1.14. The summed E-state index contributed by atoms with van der Waals surface area (Å²) >= 11 is 0. The highest BCUT2D eigenvalue weighted by atomic mass is 16.2. The van der Waals surface area contributed by atoms with Crippen molar-refractivity contribution >= 4 is 5.91 Å². The van der Waals surface area contributed by atoms with E-state index < -0.39 is 5.54 Å². The molecule has 3 heteroatoms. The Kier molecular flexibility index (Phi) is 5.26. The average molecular weight is 196 g/mol. The third kappa shape index (κ3) is 3.39. The van der Waals surface area contributed by atoms with Gasteiger partial charge in [-0.15, -0.1) is 6.42 Å². The molecule has 14 heavy (non-hydrogen) atoms. The molecule has 0 aliphatic heterocycles. The molecule has 0 aromatic heterocycles. The molecule has 0 saturated heterocycles. The van der Waals surface area contributed by atoms with Gasteiger partial charge in [-0.1, -0.05) is 19.8 Å². The van der Waals surface area contributed by atoms with Gasteiger partial charge in [0.25, 0.3) is 0 Å². The summed E-state index contributed by atoms with van der Waals surface area (Å²) in [6.07, 6.45) is 6.72. The van der Waals surface area contributed by atoms with Crippen LogP contribution >= 0.6 is 0 Å². The van der Waals surface area contributed by atoms with E-state index in [0.717, 1.165) is 6.42 Å². The van der Waals surface area contributed by atoms with Crippen molar-refractivity contribution in [2.24, 2.45) is 5.73 Å². The van der Waals surface area contributed by atoms with Crippen molar-refractivity contribution in [2.45, 2.75) is 39.2 Å². The molecule has 1 unspecified atom stereocenters. The van der Waals surface area contributed by atoms with Crippen LogP contribution in [0.4, 0.5) is 0 Å². The third-order valence-electron chi connectivity index (χ3n) is 2.29. The molecule has 80 valence electrons. The van der Waals surface area contributed by atoms with E-state index in [1.807, 2.05) is 13.8 Å². The molecule has 0 saturated carbocycles. The first-order valence-electron chi connectivity index (χ1n) is 5.01. The van der Waals surface area contributed by atoms with Crippen LogP contribution in [0.1, 0.15) is 33.6 Å². The summed E-state index contributed by atoms with van der Waals surface area (Å²) in [7, 11) is 0. The maximum atomic E-state index is 11.9. The molecular formula is C11H20N2O. The summed E-state index contributed by atoms with van der Waals surface area (Å²) in [6, 6.07) is 0. The molecule has 0 aliphatic rings. The first kappa shape index (κ1) is 13.0. The van der Waals surface area contributed by atoms with E-state index in [0.29, 0.717) is 19.5 Å². The highest BCUT2D eigenvalue weighted by Crippen LogP contribution is 2.10. The molecule has 0 fully saturated rings. The van der Waals surface area contributed by atoms with E-state index in [1.54, 1.807) is 11.8 Å². The van der Waals surface area contributed by atoms with E-state index in [-0.39, 0.29) is 5.91 Å². The zero-order valence-corrected chi connectivity index (χ0v) is 9.34. The van der Waals surface area contributed by atoms with E-state index in [4.69, 9.17) is 12.2 Å². The SMILES string of the molecule is C#CCN(CCC)C(=O)C(C)(N)CC. The van der Waals surface area contributed by atoms with Crippen LogP contribution in [0.25, 0.3) is 0 Å². The van der Waals surface area contributed by atoms with Crippen LogP contribution in [0.5, 0.6) is 0 Å². The zero-order valence-electron chi connectivity index (χ0n) is 9.34. The highest BCUT2D eigenvalue weighted by molar-refractivity contribution is 5.85. The van der Waals surface area contributed by atoms with Crippen LogP contribution in [-0.2, 0) is 4.79 Å². The lowest BCUT2D eigenvalue weighted by atomic mass is 9.98. The molecule has 0 bridgehead atoms. The van der Waals surface area contributed by atoms with Gasteiger partial charge in [0.2, 0.25) is 5.91 Å². The maximum Gasteiger partial charge on any atom is 0.243 e. The predicted octanol–water partition coefficient (Wildman–Crippen LogP) is 0.986. The lowest BCUT2D eigenvalue weighted by molar-refractivity contribution is -0.135. The molecule has 0 rings (SSSR count). The van der Waals surface area contributed by atoms with Gasteiger partial charge in [0.1, 0.15) is 0 Å². The molecule has 0 aromatic rings. The number of carbonyl (C=O) groups excluding carboxylic acids is 1. The van der Waals surface area contributed by atoms with E-state index in [1.165, 1.54) is 0 Å². The van der Waals surface area contributed by atoms with E-state index in [2.05, 4.69) is 5.92 Å². The van der Waals surface area contributed by atoms with Crippen molar-refractivity contribution in [3.05, 3.63) is 0 Å². The molecule has 0 radical (unpaired) electrons. The summed E-state index contributed by atoms with van der Waals surface area (Å²) in [5.74, 6) is 2.42. The van der Waals surface area contributed by atoms with Crippen LogP contribution in [0.15, 0.2) is 0 Å². The molecule has 3 nitrogen and oxygen atoms in total. The van der Waals surface area contributed by atoms with Crippen molar-refractivity contribution in [1.82, 2.24) is 4.90 Å². The Labute approximate surface area is 86.6 Å². The van der Waals surface area contributed by atoms with Crippen molar-refractivity contribution in [3.8, 4) is 12.3 Å². The summed E-state index contributed by atoms with van der Waals surface area (Å²) < 4.78 is 0. The Morgan fingerprint density at radius 1 is 1.57 bits per heavy atom. The second kappa shape index (κ2) is 5.66. The molecule has 0 aliphatic carbocycles. The number of amides is 1. The predicted molar refractivity (Wildman–Crippen MR) is 58.6 cm³/mol. The summed E-state index contributed by atoms with van der Waals surface area (Å²) in [5.41, 5.74) is 5.08. The van der Waals surface area contributed by atoms with Crippen molar-refractivity contribution in [1.29, 1.82) is 0 Å².